The largest absolute Gasteiger partial charge is 0.493 e. The molecule has 2 atom stereocenters. The maximum atomic E-state index is 12.6. The van der Waals surface area contributed by atoms with Crippen molar-refractivity contribution in [1.29, 1.82) is 0 Å². The summed E-state index contributed by atoms with van der Waals surface area (Å²) >= 11 is 0. The molecule has 8 nitrogen and oxygen atoms in total. The topological polar surface area (TPSA) is 91.7 Å². The summed E-state index contributed by atoms with van der Waals surface area (Å²) in [7, 11) is 3.05. The Morgan fingerprint density at radius 3 is 2.73 bits per heavy atom. The van der Waals surface area contributed by atoms with E-state index < -0.39 is 6.04 Å². The molecule has 8 heteroatoms. The SMILES string of the molecule is COc1ccc(NC(=O)C(C)n2nc3c(cc2=O)COC3C)cc1OC. The predicted octanol–water partition coefficient (Wildman–Crippen LogP) is 2.05. The third-order valence-electron chi connectivity index (χ3n) is 4.34. The summed E-state index contributed by atoms with van der Waals surface area (Å²) in [5.74, 6) is 0.694. The molecule has 2 aromatic rings. The second-order valence-corrected chi connectivity index (χ2v) is 6.03. The first-order valence-electron chi connectivity index (χ1n) is 8.21. The Morgan fingerprint density at radius 2 is 2.04 bits per heavy atom. The molecule has 1 aliphatic rings. The van der Waals surface area contributed by atoms with Gasteiger partial charge in [-0.2, -0.15) is 5.10 Å². The molecule has 138 valence electrons. The van der Waals surface area contributed by atoms with Crippen LogP contribution < -0.4 is 20.3 Å². The molecular weight excluding hydrogens is 338 g/mol. The summed E-state index contributed by atoms with van der Waals surface area (Å²) in [5.41, 5.74) is 1.66. The molecule has 0 bridgehead atoms. The minimum atomic E-state index is -0.784. The number of amides is 1. The number of nitrogens with zero attached hydrogens (tertiary/aromatic N) is 2. The normalized spacial score (nSPS) is 16.7. The highest BCUT2D eigenvalue weighted by molar-refractivity contribution is 5.93. The van der Waals surface area contributed by atoms with Gasteiger partial charge < -0.3 is 19.5 Å². The summed E-state index contributed by atoms with van der Waals surface area (Å²) in [6.45, 7) is 3.85. The maximum Gasteiger partial charge on any atom is 0.267 e. The second-order valence-electron chi connectivity index (χ2n) is 6.03. The van der Waals surface area contributed by atoms with Crippen LogP contribution in [0.1, 0.15) is 37.3 Å². The molecule has 0 radical (unpaired) electrons. The Labute approximate surface area is 150 Å². The number of hydrogen-bond acceptors (Lipinski definition) is 6. The van der Waals surface area contributed by atoms with Crippen LogP contribution >= 0.6 is 0 Å². The highest BCUT2D eigenvalue weighted by atomic mass is 16.5. The van der Waals surface area contributed by atoms with Crippen LogP contribution in [0.25, 0.3) is 0 Å². The minimum absolute atomic E-state index is 0.196. The Kier molecular flexibility index (Phi) is 4.94. The van der Waals surface area contributed by atoms with Gasteiger partial charge in [-0.3, -0.25) is 9.59 Å². The van der Waals surface area contributed by atoms with E-state index in [0.29, 0.717) is 29.5 Å². The molecule has 2 heterocycles. The van der Waals surface area contributed by atoms with Gasteiger partial charge in [0, 0.05) is 23.4 Å². The zero-order chi connectivity index (χ0) is 18.8. The van der Waals surface area contributed by atoms with Crippen LogP contribution in [0.5, 0.6) is 11.5 Å². The van der Waals surface area contributed by atoms with Crippen LogP contribution in [0, 0.1) is 0 Å². The average Bonchev–Trinajstić information content (AvgIpc) is 3.00. The number of nitrogens with one attached hydrogen (secondary N) is 1. The lowest BCUT2D eigenvalue weighted by atomic mass is 10.2. The fourth-order valence-electron chi connectivity index (χ4n) is 2.82. The van der Waals surface area contributed by atoms with Crippen LogP contribution in [0.15, 0.2) is 29.1 Å². The van der Waals surface area contributed by atoms with Crippen LogP contribution in [-0.4, -0.2) is 29.9 Å². The quantitative estimate of drug-likeness (QED) is 0.878. The fraction of sp³-hybridized carbons (Fsp3) is 0.389. The van der Waals surface area contributed by atoms with Crippen molar-refractivity contribution in [3.05, 3.63) is 45.9 Å². The summed E-state index contributed by atoms with van der Waals surface area (Å²) in [6.07, 6.45) is -0.196. The van der Waals surface area contributed by atoms with Crippen LogP contribution in [0.3, 0.4) is 0 Å². The molecule has 26 heavy (non-hydrogen) atoms. The number of aromatic nitrogens is 2. The average molecular weight is 359 g/mol. The Morgan fingerprint density at radius 1 is 1.31 bits per heavy atom. The molecule has 0 spiro atoms. The predicted molar refractivity (Wildman–Crippen MR) is 94.6 cm³/mol. The summed E-state index contributed by atoms with van der Waals surface area (Å²) in [6, 6.07) is 5.73. The van der Waals surface area contributed by atoms with Crippen molar-refractivity contribution >= 4 is 11.6 Å². The maximum absolute atomic E-state index is 12.6. The smallest absolute Gasteiger partial charge is 0.267 e. The lowest BCUT2D eigenvalue weighted by Crippen LogP contribution is -2.34. The molecule has 0 aliphatic carbocycles. The molecule has 1 aromatic carbocycles. The van der Waals surface area contributed by atoms with Gasteiger partial charge in [0.1, 0.15) is 6.04 Å². The first-order valence-corrected chi connectivity index (χ1v) is 8.21. The first kappa shape index (κ1) is 17.9. The van der Waals surface area contributed by atoms with Crippen molar-refractivity contribution in [1.82, 2.24) is 9.78 Å². The van der Waals surface area contributed by atoms with Gasteiger partial charge in [-0.05, 0) is 26.0 Å². The van der Waals surface area contributed by atoms with Gasteiger partial charge in [-0.1, -0.05) is 0 Å². The molecule has 1 aromatic heterocycles. The molecule has 0 fully saturated rings. The third kappa shape index (κ3) is 3.28. The molecular formula is C18H21N3O5. The highest BCUT2D eigenvalue weighted by Crippen LogP contribution is 2.30. The summed E-state index contributed by atoms with van der Waals surface area (Å²) in [5, 5.41) is 7.10. The van der Waals surface area contributed by atoms with Crippen LogP contribution in [0.4, 0.5) is 5.69 Å². The van der Waals surface area contributed by atoms with Crippen molar-refractivity contribution in [2.24, 2.45) is 0 Å². The second kappa shape index (κ2) is 7.17. The van der Waals surface area contributed by atoms with Gasteiger partial charge in [0.25, 0.3) is 5.56 Å². The van der Waals surface area contributed by atoms with Gasteiger partial charge in [-0.15, -0.1) is 0 Å². The third-order valence-corrected chi connectivity index (χ3v) is 4.34. The van der Waals surface area contributed by atoms with Crippen molar-refractivity contribution in [2.45, 2.75) is 32.6 Å². The molecule has 0 saturated carbocycles. The first-order chi connectivity index (χ1) is 12.4. The lowest BCUT2D eigenvalue weighted by Gasteiger charge is -2.16. The number of carbonyl (C=O) groups excluding carboxylic acids is 1. The Hall–Kier alpha value is -2.87. The fourth-order valence-corrected chi connectivity index (χ4v) is 2.82. The highest BCUT2D eigenvalue weighted by Gasteiger charge is 2.25. The number of carbonyl (C=O) groups is 1. The lowest BCUT2D eigenvalue weighted by molar-refractivity contribution is -0.119. The summed E-state index contributed by atoms with van der Waals surface area (Å²) in [4.78, 5) is 24.9. The molecule has 3 rings (SSSR count). The van der Waals surface area contributed by atoms with E-state index >= 15 is 0 Å². The molecule has 0 saturated heterocycles. The van der Waals surface area contributed by atoms with E-state index in [4.69, 9.17) is 14.2 Å². The molecule has 1 amide bonds. The number of hydrogen-bond donors (Lipinski definition) is 1. The van der Waals surface area contributed by atoms with Gasteiger partial charge in [0.15, 0.2) is 11.5 Å². The Bertz CT molecular complexity index is 893. The van der Waals surface area contributed by atoms with E-state index in [1.807, 2.05) is 6.92 Å². The van der Waals surface area contributed by atoms with Crippen molar-refractivity contribution < 1.29 is 19.0 Å². The van der Waals surface area contributed by atoms with Crippen molar-refractivity contribution in [3.63, 3.8) is 0 Å². The van der Waals surface area contributed by atoms with Gasteiger partial charge in [-0.25, -0.2) is 4.68 Å². The monoisotopic (exact) mass is 359 g/mol. The van der Waals surface area contributed by atoms with E-state index in [1.54, 1.807) is 25.1 Å². The van der Waals surface area contributed by atoms with Gasteiger partial charge in [0.2, 0.25) is 5.91 Å². The Balaban J connectivity index is 1.83. The molecule has 2 unspecified atom stereocenters. The zero-order valence-electron chi connectivity index (χ0n) is 15.1. The number of rotatable bonds is 5. The van der Waals surface area contributed by atoms with E-state index in [2.05, 4.69) is 10.4 Å². The molecule has 1 aliphatic heterocycles. The van der Waals surface area contributed by atoms with Crippen LogP contribution in [-0.2, 0) is 16.1 Å². The van der Waals surface area contributed by atoms with E-state index in [1.165, 1.54) is 25.0 Å². The number of methoxy groups -OCH3 is 2. The minimum Gasteiger partial charge on any atom is -0.493 e. The molecule has 1 N–H and O–H groups in total. The number of benzene rings is 1. The van der Waals surface area contributed by atoms with Crippen LogP contribution in [0.2, 0.25) is 0 Å². The summed E-state index contributed by atoms with van der Waals surface area (Å²) < 4.78 is 17.1. The van der Waals surface area contributed by atoms with Gasteiger partial charge >= 0.3 is 0 Å². The van der Waals surface area contributed by atoms with E-state index in [-0.39, 0.29) is 17.6 Å². The standard InChI is InChI=1S/C18H21N3O5/c1-10(21-16(22)7-12-9-26-11(2)17(12)20-21)18(23)19-13-5-6-14(24-3)15(8-13)25-4/h5-8,10-11H,9H2,1-4H3,(H,19,23). The van der Waals surface area contributed by atoms with Gasteiger partial charge in [0.05, 0.1) is 32.6 Å². The number of anilines is 1. The zero-order valence-corrected chi connectivity index (χ0v) is 15.1. The number of fused-ring (bicyclic) bond motifs is 1. The van der Waals surface area contributed by atoms with Crippen molar-refractivity contribution in [3.8, 4) is 11.5 Å². The van der Waals surface area contributed by atoms with E-state index in [0.717, 1.165) is 5.56 Å². The van der Waals surface area contributed by atoms with Crippen molar-refractivity contribution in [2.75, 3.05) is 19.5 Å². The van der Waals surface area contributed by atoms with E-state index in [9.17, 15) is 9.59 Å². The number of ether oxygens (including phenoxy) is 3.